The minimum atomic E-state index is 0.103. The highest BCUT2D eigenvalue weighted by atomic mass is 32.1. The summed E-state index contributed by atoms with van der Waals surface area (Å²) >= 11 is 1.73. The zero-order valence-electron chi connectivity index (χ0n) is 92.0. The van der Waals surface area contributed by atoms with E-state index in [0.29, 0.717) is 22.2 Å². The van der Waals surface area contributed by atoms with Crippen LogP contribution in [-0.2, 0) is 14.3 Å². The van der Waals surface area contributed by atoms with Crippen LogP contribution in [0.1, 0.15) is 194 Å². The number of rotatable bonds is 9. The Kier molecular flexibility index (Phi) is 45.4. The number of pyridine rings is 2. The van der Waals surface area contributed by atoms with E-state index in [4.69, 9.17) is 4.74 Å². The van der Waals surface area contributed by atoms with Crippen LogP contribution in [0.5, 0.6) is 0 Å². The Morgan fingerprint density at radius 3 is 0.863 bits per heavy atom. The number of ether oxygens (including phenoxy) is 1. The fraction of sp³-hybridized carbons (Fsp3) is 0.682. The summed E-state index contributed by atoms with van der Waals surface area (Å²) in [6.07, 6.45) is 16.5. The summed E-state index contributed by atoms with van der Waals surface area (Å²) in [5, 5.41) is 3.22. The highest BCUT2D eigenvalue weighted by molar-refractivity contribution is 7.13. The van der Waals surface area contributed by atoms with Gasteiger partial charge in [-0.2, -0.15) is 0 Å². The van der Waals surface area contributed by atoms with Crippen molar-refractivity contribution in [3.05, 3.63) is 158 Å². The van der Waals surface area contributed by atoms with E-state index in [-0.39, 0.29) is 46.1 Å². The van der Waals surface area contributed by atoms with Gasteiger partial charge in [0.05, 0.1) is 18.1 Å². The molecule has 28 nitrogen and oxygen atoms in total. The molecule has 0 N–H and O–H groups in total. The van der Waals surface area contributed by atoms with E-state index >= 15 is 0 Å². The van der Waals surface area contributed by atoms with Crippen LogP contribution in [0.2, 0.25) is 0 Å². The first-order chi connectivity index (χ1) is 65.4. The van der Waals surface area contributed by atoms with Gasteiger partial charge < -0.3 is 48.8 Å². The zero-order chi connectivity index (χ0) is 102. The average molecular weight is 1940 g/mol. The summed E-state index contributed by atoms with van der Waals surface area (Å²) in [5.74, 6) is 3.27. The molecule has 0 saturated carbocycles. The lowest BCUT2D eigenvalue weighted by atomic mass is 10.0. The van der Waals surface area contributed by atoms with E-state index in [1.54, 1.807) is 50.2 Å². The first-order valence-electron chi connectivity index (χ1n) is 51.7. The predicted octanol–water partition coefficient (Wildman–Crippen LogP) is 15.6. The number of para-hydroxylation sites is 2. The second kappa shape index (κ2) is 54.4. The normalized spacial score (nSPS) is 19.1. The van der Waals surface area contributed by atoms with Crippen molar-refractivity contribution in [3.8, 4) is 0 Å². The molecule has 776 valence electrons. The van der Waals surface area contributed by atoms with Crippen molar-refractivity contribution in [3.63, 3.8) is 0 Å². The molecule has 9 aliphatic heterocycles. The third-order valence-corrected chi connectivity index (χ3v) is 28.6. The summed E-state index contributed by atoms with van der Waals surface area (Å²) in [6.45, 7) is 101. The molecule has 2 amide bonds. The van der Waals surface area contributed by atoms with Gasteiger partial charge in [0.1, 0.15) is 18.2 Å². The SMILES string of the molecule is CC(=O)N1CCN(C(C)(C)C)CC1.CC(C)(C)N1CCN(c2ccccc2)CC1.CC(C)(C)N1CCN(c2ccccc2)CC1.CC(C)(C)N1CCN(c2ccccn2)CC1.CC(C)(C)N1CCN(c2cccnc2)CC1.CC(C)(C)N1CCN(c2cnccn2)CC1.CC(C)(C)N1CCN(c2ncccn2)CC1.CC(C)(C)N1CCN(c2nccs2)CC1.COCC(=O)N1CCN(C(C)(C)C)CC1. The smallest absolute Gasteiger partial charge is 0.248 e. The van der Waals surface area contributed by atoms with Gasteiger partial charge in [-0.3, -0.25) is 63.7 Å². The largest absolute Gasteiger partial charge is 0.375 e. The number of carbonyl (C=O) groups excluding carboxylic acids is 2. The number of hydrogen-bond donors (Lipinski definition) is 0. The van der Waals surface area contributed by atoms with E-state index in [0.717, 1.165) is 227 Å². The quantitative estimate of drug-likeness (QED) is 0.132. The minimum Gasteiger partial charge on any atom is -0.375 e. The van der Waals surface area contributed by atoms with Crippen molar-refractivity contribution >= 4 is 62.9 Å². The first kappa shape index (κ1) is 116. The number of anilines is 7. The fourth-order valence-corrected chi connectivity index (χ4v) is 19.1. The van der Waals surface area contributed by atoms with E-state index in [2.05, 4.69) is 379 Å². The highest BCUT2D eigenvalue weighted by Crippen LogP contribution is 2.29. The lowest BCUT2D eigenvalue weighted by Gasteiger charge is -2.43. The summed E-state index contributed by atoms with van der Waals surface area (Å²) in [7, 11) is 1.56. The number of benzene rings is 2. The summed E-state index contributed by atoms with van der Waals surface area (Å²) in [4.78, 5) is 95.6. The van der Waals surface area contributed by atoms with Crippen molar-refractivity contribution in [1.29, 1.82) is 0 Å². The second-order valence-electron chi connectivity index (χ2n) is 46.6. The minimum absolute atomic E-state index is 0.103. The molecule has 0 bridgehead atoms. The molecule has 139 heavy (non-hydrogen) atoms. The Bertz CT molecular complexity index is 3900. The molecule has 9 fully saturated rings. The van der Waals surface area contributed by atoms with E-state index in [1.807, 2.05) is 64.4 Å². The maximum atomic E-state index is 11.5. The Hall–Kier alpha value is -8.33. The monoisotopic (exact) mass is 1940 g/mol. The van der Waals surface area contributed by atoms with Gasteiger partial charge in [0.25, 0.3) is 0 Å². The van der Waals surface area contributed by atoms with Crippen molar-refractivity contribution in [1.82, 2.24) is 88.8 Å². The van der Waals surface area contributed by atoms with Crippen LogP contribution in [0.15, 0.2) is 158 Å². The topological polar surface area (TPSA) is 192 Å². The maximum absolute atomic E-state index is 11.5. The number of amides is 2. The molecular weight excluding hydrogens is 1750 g/mol. The van der Waals surface area contributed by atoms with Gasteiger partial charge in [0.15, 0.2) is 5.13 Å². The molecule has 7 aromatic rings. The van der Waals surface area contributed by atoms with E-state index < -0.39 is 0 Å². The third-order valence-electron chi connectivity index (χ3n) is 27.7. The van der Waals surface area contributed by atoms with Crippen LogP contribution < -0.4 is 34.3 Å². The zero-order valence-corrected chi connectivity index (χ0v) is 92.8. The van der Waals surface area contributed by atoms with E-state index in [9.17, 15) is 9.59 Å². The van der Waals surface area contributed by atoms with Crippen LogP contribution in [0.25, 0.3) is 0 Å². The number of aromatic nitrogens is 7. The molecule has 0 spiro atoms. The number of carbonyl (C=O) groups is 2. The van der Waals surface area contributed by atoms with Crippen LogP contribution in [-0.4, -0.2) is 400 Å². The van der Waals surface area contributed by atoms with Crippen LogP contribution in [0.3, 0.4) is 0 Å². The predicted molar refractivity (Wildman–Crippen MR) is 586 cm³/mol. The fourth-order valence-electron chi connectivity index (χ4n) is 18.4. The molecule has 0 radical (unpaired) electrons. The number of methoxy groups -OCH3 is 1. The van der Waals surface area contributed by atoms with Gasteiger partial charge in [-0.1, -0.05) is 42.5 Å². The van der Waals surface area contributed by atoms with Crippen LogP contribution >= 0.6 is 11.3 Å². The third kappa shape index (κ3) is 40.1. The van der Waals surface area contributed by atoms with E-state index in [1.165, 1.54) is 48.4 Å². The van der Waals surface area contributed by atoms with Gasteiger partial charge in [-0.25, -0.2) is 24.9 Å². The molecule has 0 unspecified atom stereocenters. The van der Waals surface area contributed by atoms with Gasteiger partial charge in [0.2, 0.25) is 17.8 Å². The Morgan fingerprint density at radius 1 is 0.266 bits per heavy atom. The van der Waals surface area contributed by atoms with Crippen molar-refractivity contribution in [2.75, 3.05) is 284 Å². The Balaban J connectivity index is 0.000000192. The molecule has 2 aromatic carbocycles. The van der Waals surface area contributed by atoms with Crippen LogP contribution in [0.4, 0.5) is 39.8 Å². The molecule has 0 aliphatic carbocycles. The number of nitrogens with zero attached hydrogens (tertiary/aromatic N) is 25. The summed E-state index contributed by atoms with van der Waals surface area (Å²) < 4.78 is 4.85. The highest BCUT2D eigenvalue weighted by Gasteiger charge is 2.35. The van der Waals surface area contributed by atoms with Crippen molar-refractivity contribution in [2.45, 2.75) is 244 Å². The lowest BCUT2D eigenvalue weighted by molar-refractivity contribution is -0.137. The molecule has 29 heteroatoms. The standard InChI is InChI=1S/2C14H22N2.2C13H21N3.2C12H20N4.C11H19N3S.C11H22N2O2.C10H20N2O/c2*1-14(2,3)16-11-9-15(10-12-16)13-7-5-4-6-8-13;1-13(2,3)16-9-7-15(8-10-16)12-5-4-6-14-11-12;1-13(2,3)16-10-8-15(9-11-16)12-6-4-5-7-14-12;1-12(2,3)16-8-6-15(7-9-16)11-10-13-4-5-14-11;1-12(2,3)16-9-7-15(8-10-16)11-13-5-4-6-14-11;1-11(2,3)14-7-5-13(6-8-14)10-12-4-9-15-10;1-11(2,3)13-7-5-12(6-8-13)10(14)9-15-4;1-9(13)11-5-7-12(8-6-11)10(2,3)4/h2*4-8H,9-12H2,1-3H3;4-6,11H,7-10H2,1-3H3;4-7H,8-11H2,1-3H3;4-5,10H,6-9H2,1-3H3;4-6H,7-10H2,1-3H3;4,9H,5-8H2,1-3H3;5-9H2,1-4H3;5-8H2,1-4H3. The Morgan fingerprint density at radius 2 is 0.561 bits per heavy atom. The van der Waals surface area contributed by atoms with Gasteiger partial charge in [0, 0.05) is 360 Å². The number of hydrogen-bond acceptors (Lipinski definition) is 27. The molecule has 9 aliphatic rings. The molecule has 5 aromatic heterocycles. The summed E-state index contributed by atoms with van der Waals surface area (Å²) in [6, 6.07) is 33.5. The van der Waals surface area contributed by atoms with Crippen LogP contribution in [0, 0.1) is 0 Å². The molecule has 16 rings (SSSR count). The second-order valence-corrected chi connectivity index (χ2v) is 47.5. The van der Waals surface area contributed by atoms with Crippen molar-refractivity contribution < 1.29 is 14.3 Å². The lowest BCUT2D eigenvalue weighted by Crippen LogP contribution is -2.55. The number of piperazine rings is 9. The molecule has 0 atom stereocenters. The van der Waals surface area contributed by atoms with Gasteiger partial charge >= 0.3 is 0 Å². The average Bonchev–Trinajstić information content (AvgIpc) is 1.81. The maximum Gasteiger partial charge on any atom is 0.248 e. The summed E-state index contributed by atoms with van der Waals surface area (Å²) in [5.41, 5.74) is 6.44. The van der Waals surface area contributed by atoms with Gasteiger partial charge in [-0.05, 0) is 242 Å². The van der Waals surface area contributed by atoms with Crippen molar-refractivity contribution in [2.24, 2.45) is 0 Å². The van der Waals surface area contributed by atoms with Gasteiger partial charge in [-0.15, -0.1) is 11.3 Å². The number of thiazole rings is 1. The molecular formula is C110H187N25O3S. The first-order valence-corrected chi connectivity index (χ1v) is 52.6. The molecule has 9 saturated heterocycles. The Labute approximate surface area is 846 Å². The molecule has 14 heterocycles.